The van der Waals surface area contributed by atoms with Crippen LogP contribution in [0.3, 0.4) is 0 Å². The van der Waals surface area contributed by atoms with Gasteiger partial charge in [-0.1, -0.05) is 6.07 Å². The minimum absolute atomic E-state index is 0.0236. The molecule has 96 valence electrons. The fourth-order valence-electron chi connectivity index (χ4n) is 1.12. The van der Waals surface area contributed by atoms with Gasteiger partial charge in [0.15, 0.2) is 0 Å². The van der Waals surface area contributed by atoms with Crippen LogP contribution in [-0.2, 0) is 20.0 Å². The molecule has 0 atom stereocenters. The first-order valence-corrected chi connectivity index (χ1v) is 7.78. The van der Waals surface area contributed by atoms with Gasteiger partial charge in [-0.05, 0) is 18.2 Å². The Morgan fingerprint density at radius 1 is 1.18 bits per heavy atom. The van der Waals surface area contributed by atoms with E-state index in [0.717, 1.165) is 6.07 Å². The summed E-state index contributed by atoms with van der Waals surface area (Å²) in [5.74, 6) is -0.243. The van der Waals surface area contributed by atoms with Gasteiger partial charge in [0, 0.05) is 12.2 Å². The highest BCUT2D eigenvalue weighted by molar-refractivity contribution is 7.92. The van der Waals surface area contributed by atoms with Crippen LogP contribution in [0, 0.1) is 0 Å². The van der Waals surface area contributed by atoms with Gasteiger partial charge >= 0.3 is 0 Å². The Morgan fingerprint density at radius 3 is 2.35 bits per heavy atom. The van der Waals surface area contributed by atoms with Crippen LogP contribution in [0.5, 0.6) is 0 Å². The quantitative estimate of drug-likeness (QED) is 0.638. The predicted molar refractivity (Wildman–Crippen MR) is 64.3 cm³/mol. The maximum Gasteiger partial charge on any atom is 0.238 e. The summed E-state index contributed by atoms with van der Waals surface area (Å²) in [4.78, 5) is -0.162. The molecule has 0 spiro atoms. The van der Waals surface area contributed by atoms with E-state index in [0.29, 0.717) is 0 Å². The summed E-state index contributed by atoms with van der Waals surface area (Å²) in [6.45, 7) is -0.0236. The number of benzene rings is 1. The van der Waals surface area contributed by atoms with E-state index in [9.17, 15) is 16.8 Å². The molecule has 0 aliphatic carbocycles. The molecule has 5 N–H and O–H groups in total. The van der Waals surface area contributed by atoms with Crippen LogP contribution in [0.25, 0.3) is 0 Å². The van der Waals surface area contributed by atoms with Gasteiger partial charge in [-0.2, -0.15) is 0 Å². The summed E-state index contributed by atoms with van der Waals surface area (Å²) in [5, 5.41) is 4.92. The number of nitrogens with two attached hydrogens (primary N) is 2. The molecular weight excluding hydrogens is 266 g/mol. The normalized spacial score (nSPS) is 12.4. The molecular formula is C8H13N3O4S2. The molecule has 17 heavy (non-hydrogen) atoms. The van der Waals surface area contributed by atoms with Gasteiger partial charge in [0.25, 0.3) is 0 Å². The lowest BCUT2D eigenvalue weighted by Crippen LogP contribution is -2.22. The van der Waals surface area contributed by atoms with Crippen LogP contribution < -0.4 is 15.6 Å². The summed E-state index contributed by atoms with van der Waals surface area (Å²) in [5.41, 5.74) is 5.26. The van der Waals surface area contributed by atoms with Gasteiger partial charge in [-0.15, -0.1) is 0 Å². The van der Waals surface area contributed by atoms with E-state index in [-0.39, 0.29) is 22.9 Å². The Balaban J connectivity index is 3.03. The second-order valence-corrected chi connectivity index (χ2v) is 6.69. The number of sulfonamides is 2. The van der Waals surface area contributed by atoms with E-state index in [4.69, 9.17) is 10.9 Å². The second-order valence-electron chi connectivity index (χ2n) is 3.28. The molecule has 0 heterocycles. The van der Waals surface area contributed by atoms with Crippen molar-refractivity contribution in [3.63, 3.8) is 0 Å². The number of anilines is 1. The number of primary sulfonamides is 1. The maximum atomic E-state index is 11.4. The van der Waals surface area contributed by atoms with E-state index in [1.54, 1.807) is 0 Å². The molecule has 1 aromatic carbocycles. The second kappa shape index (κ2) is 5.00. The summed E-state index contributed by atoms with van der Waals surface area (Å²) >= 11 is 0. The fourth-order valence-corrected chi connectivity index (χ4v) is 2.58. The zero-order valence-corrected chi connectivity index (χ0v) is 10.5. The molecule has 0 radical (unpaired) electrons. The van der Waals surface area contributed by atoms with E-state index < -0.39 is 20.0 Å². The topological polar surface area (TPSA) is 132 Å². The lowest BCUT2D eigenvalue weighted by Gasteiger charge is -2.07. The molecule has 0 aliphatic rings. The molecule has 0 aromatic heterocycles. The Bertz CT molecular complexity index is 595. The maximum absolute atomic E-state index is 11.4. The van der Waals surface area contributed by atoms with E-state index in [1.165, 1.54) is 18.2 Å². The molecule has 0 bridgehead atoms. The Hall–Kier alpha value is -1.16. The Labute approximate surface area is 99.9 Å². The molecule has 0 aliphatic heterocycles. The third-order valence-electron chi connectivity index (χ3n) is 1.82. The monoisotopic (exact) mass is 279 g/mol. The Kier molecular flexibility index (Phi) is 4.09. The first-order chi connectivity index (χ1) is 7.74. The van der Waals surface area contributed by atoms with Crippen molar-refractivity contribution in [2.24, 2.45) is 10.9 Å². The van der Waals surface area contributed by atoms with Crippen molar-refractivity contribution < 1.29 is 16.8 Å². The van der Waals surface area contributed by atoms with Gasteiger partial charge in [0.2, 0.25) is 20.0 Å². The van der Waals surface area contributed by atoms with E-state index in [1.807, 2.05) is 0 Å². The van der Waals surface area contributed by atoms with Gasteiger partial charge in [0.1, 0.15) is 0 Å². The van der Waals surface area contributed by atoms with Gasteiger partial charge in [0.05, 0.1) is 10.6 Å². The third-order valence-corrected chi connectivity index (χ3v) is 4.05. The predicted octanol–water partition coefficient (Wildman–Crippen LogP) is -0.966. The van der Waals surface area contributed by atoms with Crippen LogP contribution in [0.1, 0.15) is 0 Å². The van der Waals surface area contributed by atoms with Crippen LogP contribution in [0.15, 0.2) is 29.2 Å². The van der Waals surface area contributed by atoms with Crippen LogP contribution in [0.2, 0.25) is 0 Å². The molecule has 0 unspecified atom stereocenters. The Morgan fingerprint density at radius 2 is 1.82 bits per heavy atom. The van der Waals surface area contributed by atoms with Gasteiger partial charge < -0.3 is 5.73 Å². The van der Waals surface area contributed by atoms with E-state index in [2.05, 4.69) is 4.72 Å². The van der Waals surface area contributed by atoms with Crippen LogP contribution in [-0.4, -0.2) is 29.1 Å². The summed E-state index contributed by atoms with van der Waals surface area (Å²) < 4.78 is 47.1. The SMILES string of the molecule is NCCS(=O)(=O)Nc1cccc(S(N)(=O)=O)c1. The zero-order chi connectivity index (χ0) is 13.1. The minimum atomic E-state index is -3.85. The van der Waals surface area contributed by atoms with Gasteiger partial charge in [-0.3, -0.25) is 4.72 Å². The van der Waals surface area contributed by atoms with Crippen molar-refractivity contribution in [1.29, 1.82) is 0 Å². The van der Waals surface area contributed by atoms with Crippen molar-refractivity contribution in [2.75, 3.05) is 17.0 Å². The molecule has 0 fully saturated rings. The number of hydrogen-bond donors (Lipinski definition) is 3. The molecule has 0 saturated heterocycles. The molecule has 0 saturated carbocycles. The average Bonchev–Trinajstić information content (AvgIpc) is 2.15. The standard InChI is InChI=1S/C8H13N3O4S2/c9-4-5-16(12,13)11-7-2-1-3-8(6-7)17(10,14)15/h1-3,6,11H,4-5,9H2,(H2,10,14,15). The first kappa shape index (κ1) is 13.9. The third kappa shape index (κ3) is 4.30. The van der Waals surface area contributed by atoms with E-state index >= 15 is 0 Å². The number of nitrogens with one attached hydrogen (secondary N) is 1. The highest BCUT2D eigenvalue weighted by Gasteiger charge is 2.12. The fraction of sp³-hybridized carbons (Fsp3) is 0.250. The molecule has 0 amide bonds. The smallest absolute Gasteiger partial charge is 0.238 e. The van der Waals surface area contributed by atoms with Crippen molar-refractivity contribution in [2.45, 2.75) is 4.90 Å². The van der Waals surface area contributed by atoms with Crippen LogP contribution in [0.4, 0.5) is 5.69 Å². The minimum Gasteiger partial charge on any atom is -0.329 e. The van der Waals surface area contributed by atoms with Crippen molar-refractivity contribution >= 4 is 25.7 Å². The number of rotatable bonds is 5. The van der Waals surface area contributed by atoms with Gasteiger partial charge in [-0.25, -0.2) is 22.0 Å². The molecule has 1 aromatic rings. The summed E-state index contributed by atoms with van der Waals surface area (Å²) in [7, 11) is -7.41. The van der Waals surface area contributed by atoms with Crippen molar-refractivity contribution in [3.8, 4) is 0 Å². The molecule has 9 heteroatoms. The summed E-state index contributed by atoms with van der Waals surface area (Å²) in [6, 6.07) is 5.22. The first-order valence-electron chi connectivity index (χ1n) is 4.58. The average molecular weight is 279 g/mol. The summed E-state index contributed by atoms with van der Waals surface area (Å²) in [6.07, 6.45) is 0. The highest BCUT2D eigenvalue weighted by atomic mass is 32.2. The lowest BCUT2D eigenvalue weighted by atomic mass is 10.3. The number of hydrogen-bond acceptors (Lipinski definition) is 5. The van der Waals surface area contributed by atoms with Crippen molar-refractivity contribution in [1.82, 2.24) is 0 Å². The van der Waals surface area contributed by atoms with Crippen molar-refractivity contribution in [3.05, 3.63) is 24.3 Å². The molecule has 1 rings (SSSR count). The zero-order valence-electron chi connectivity index (χ0n) is 8.83. The molecule has 7 nitrogen and oxygen atoms in total. The van der Waals surface area contributed by atoms with Crippen LogP contribution >= 0.6 is 0 Å². The highest BCUT2D eigenvalue weighted by Crippen LogP contribution is 2.15. The lowest BCUT2D eigenvalue weighted by molar-refractivity contribution is 0.596. The largest absolute Gasteiger partial charge is 0.329 e.